The van der Waals surface area contributed by atoms with Gasteiger partial charge in [-0.25, -0.2) is 4.79 Å². The van der Waals surface area contributed by atoms with Crippen LogP contribution in [0.1, 0.15) is 49.4 Å². The molecule has 2 fully saturated rings. The first-order chi connectivity index (χ1) is 13.4. The number of hydrogen-bond donors (Lipinski definition) is 3. The number of anilines is 1. The second kappa shape index (κ2) is 7.27. The Morgan fingerprint density at radius 3 is 2.93 bits per heavy atom. The summed E-state index contributed by atoms with van der Waals surface area (Å²) in [6, 6.07) is 3.38. The fourth-order valence-corrected chi connectivity index (χ4v) is 3.10. The molecule has 2 atom stereocenters. The highest BCUT2D eigenvalue weighted by atomic mass is 16.6. The van der Waals surface area contributed by atoms with E-state index in [4.69, 9.17) is 14.0 Å². The molecule has 1 aliphatic carbocycles. The van der Waals surface area contributed by atoms with Crippen LogP contribution in [0.15, 0.2) is 16.7 Å². The highest BCUT2D eigenvalue weighted by Gasteiger charge is 2.41. The van der Waals surface area contributed by atoms with Crippen LogP contribution in [0.25, 0.3) is 0 Å². The van der Waals surface area contributed by atoms with Crippen molar-refractivity contribution in [3.05, 3.63) is 29.3 Å². The molecule has 2 aromatic heterocycles. The van der Waals surface area contributed by atoms with E-state index in [0.29, 0.717) is 36.0 Å². The van der Waals surface area contributed by atoms with Crippen molar-refractivity contribution in [2.24, 2.45) is 0 Å². The third kappa shape index (κ3) is 4.33. The van der Waals surface area contributed by atoms with Gasteiger partial charge in [-0.3, -0.25) is 9.89 Å². The summed E-state index contributed by atoms with van der Waals surface area (Å²) >= 11 is 0. The summed E-state index contributed by atoms with van der Waals surface area (Å²) in [7, 11) is 0. The topological polar surface area (TPSA) is 131 Å². The number of rotatable bonds is 6. The van der Waals surface area contributed by atoms with Crippen LogP contribution in [0.5, 0.6) is 0 Å². The number of nitrogens with one attached hydrogen (secondary N) is 3. The molecule has 2 aliphatic rings. The maximum absolute atomic E-state index is 12.1. The largest absolute Gasteiger partial charge is 0.443 e. The van der Waals surface area contributed by atoms with Crippen LogP contribution in [-0.4, -0.2) is 45.6 Å². The number of carbonyl (C=O) groups is 2. The summed E-state index contributed by atoms with van der Waals surface area (Å²) in [5.41, 5.74) is 1.22. The first-order valence-corrected chi connectivity index (χ1v) is 9.28. The number of carbonyl (C=O) groups excluding carboxylic acids is 2. The molecule has 28 heavy (non-hydrogen) atoms. The number of ether oxygens (including phenoxy) is 2. The van der Waals surface area contributed by atoms with Crippen LogP contribution >= 0.6 is 0 Å². The standard InChI is InChI=1S/C18H23N5O5/c1-10-7-11(28-23-10)8-15(24)19-14-9-12(21-22-14)16-13(3-6-26-16)27-17(25)20-18(2)4-5-18/h7,9,13,16H,3-6,8H2,1-2H3,(H,20,25)(H2,19,21,22,24). The van der Waals surface area contributed by atoms with Crippen molar-refractivity contribution < 1.29 is 23.6 Å². The number of aromatic nitrogens is 3. The van der Waals surface area contributed by atoms with Gasteiger partial charge < -0.3 is 24.6 Å². The molecular formula is C18H23N5O5. The van der Waals surface area contributed by atoms with E-state index < -0.39 is 18.3 Å². The Balaban J connectivity index is 1.33. The molecule has 150 valence electrons. The van der Waals surface area contributed by atoms with Crippen molar-refractivity contribution in [3.63, 3.8) is 0 Å². The first-order valence-electron chi connectivity index (χ1n) is 9.28. The van der Waals surface area contributed by atoms with Gasteiger partial charge in [0.05, 0.1) is 24.4 Å². The van der Waals surface area contributed by atoms with E-state index in [-0.39, 0.29) is 17.9 Å². The van der Waals surface area contributed by atoms with E-state index in [1.807, 2.05) is 6.92 Å². The van der Waals surface area contributed by atoms with Crippen molar-refractivity contribution in [2.75, 3.05) is 11.9 Å². The van der Waals surface area contributed by atoms with Crippen LogP contribution in [0.3, 0.4) is 0 Å². The number of H-pyrrole nitrogens is 1. The molecule has 0 aromatic carbocycles. The molecule has 4 rings (SSSR count). The van der Waals surface area contributed by atoms with Gasteiger partial charge in [-0.15, -0.1) is 0 Å². The van der Waals surface area contributed by atoms with Crippen molar-refractivity contribution in [3.8, 4) is 0 Å². The predicted octanol–water partition coefficient (Wildman–Crippen LogP) is 2.00. The van der Waals surface area contributed by atoms with Gasteiger partial charge >= 0.3 is 6.09 Å². The number of aromatic amines is 1. The summed E-state index contributed by atoms with van der Waals surface area (Å²) < 4.78 is 16.3. The molecule has 3 N–H and O–H groups in total. The lowest BCUT2D eigenvalue weighted by Crippen LogP contribution is -2.37. The summed E-state index contributed by atoms with van der Waals surface area (Å²) in [6.07, 6.45) is 1.29. The van der Waals surface area contributed by atoms with Crippen LogP contribution in [0.4, 0.5) is 10.6 Å². The van der Waals surface area contributed by atoms with E-state index in [1.54, 1.807) is 19.1 Å². The molecule has 2 unspecified atom stereocenters. The molecule has 0 spiro atoms. The number of alkyl carbamates (subject to hydrolysis) is 1. The highest BCUT2D eigenvalue weighted by molar-refractivity contribution is 5.91. The molecule has 2 aromatic rings. The molecule has 1 saturated carbocycles. The summed E-state index contributed by atoms with van der Waals surface area (Å²) in [5, 5.41) is 16.3. The Bertz CT molecular complexity index is 871. The zero-order valence-corrected chi connectivity index (χ0v) is 15.8. The van der Waals surface area contributed by atoms with Gasteiger partial charge in [0.15, 0.2) is 5.82 Å². The molecule has 10 heteroatoms. The normalized spacial score (nSPS) is 22.6. The lowest BCUT2D eigenvalue weighted by Gasteiger charge is -2.19. The number of aryl methyl sites for hydroxylation is 1. The number of hydrogen-bond acceptors (Lipinski definition) is 7. The molecule has 0 radical (unpaired) electrons. The average molecular weight is 389 g/mol. The monoisotopic (exact) mass is 389 g/mol. The van der Waals surface area contributed by atoms with Crippen molar-refractivity contribution >= 4 is 17.8 Å². The molecular weight excluding hydrogens is 366 g/mol. The Hall–Kier alpha value is -2.88. The second-order valence-electron chi connectivity index (χ2n) is 7.58. The third-order valence-electron chi connectivity index (χ3n) is 4.88. The Morgan fingerprint density at radius 1 is 1.39 bits per heavy atom. The number of amides is 2. The van der Waals surface area contributed by atoms with Gasteiger partial charge in [0.25, 0.3) is 0 Å². The van der Waals surface area contributed by atoms with Crippen LogP contribution < -0.4 is 10.6 Å². The zero-order valence-electron chi connectivity index (χ0n) is 15.8. The highest BCUT2D eigenvalue weighted by Crippen LogP contribution is 2.35. The van der Waals surface area contributed by atoms with Gasteiger partial charge in [-0.2, -0.15) is 5.10 Å². The smallest absolute Gasteiger partial charge is 0.407 e. The molecule has 2 amide bonds. The lowest BCUT2D eigenvalue weighted by atomic mass is 10.1. The van der Waals surface area contributed by atoms with E-state index >= 15 is 0 Å². The summed E-state index contributed by atoms with van der Waals surface area (Å²) in [6.45, 7) is 4.25. The van der Waals surface area contributed by atoms with E-state index in [2.05, 4.69) is 26.0 Å². The first kappa shape index (κ1) is 18.5. The van der Waals surface area contributed by atoms with Gasteiger partial charge in [-0.1, -0.05) is 5.16 Å². The van der Waals surface area contributed by atoms with Crippen molar-refractivity contribution in [2.45, 2.75) is 57.3 Å². The SMILES string of the molecule is Cc1cc(CC(=O)Nc2cc(C3OCCC3OC(=O)NC3(C)CC3)[nH]n2)on1. The van der Waals surface area contributed by atoms with E-state index in [1.165, 1.54) is 0 Å². The molecule has 1 aliphatic heterocycles. The van der Waals surface area contributed by atoms with Crippen LogP contribution in [-0.2, 0) is 20.7 Å². The summed E-state index contributed by atoms with van der Waals surface area (Å²) in [4.78, 5) is 24.2. The maximum atomic E-state index is 12.1. The Morgan fingerprint density at radius 2 is 2.21 bits per heavy atom. The van der Waals surface area contributed by atoms with Crippen LogP contribution in [0, 0.1) is 6.92 Å². The van der Waals surface area contributed by atoms with Crippen molar-refractivity contribution in [1.29, 1.82) is 0 Å². The molecule has 1 saturated heterocycles. The zero-order chi connectivity index (χ0) is 19.7. The summed E-state index contributed by atoms with van der Waals surface area (Å²) in [5.74, 6) is 0.570. The minimum atomic E-state index is -0.451. The van der Waals surface area contributed by atoms with Crippen LogP contribution in [0.2, 0.25) is 0 Å². The van der Waals surface area contributed by atoms with E-state index in [9.17, 15) is 9.59 Å². The minimum absolute atomic E-state index is 0.0631. The molecule has 0 bridgehead atoms. The maximum Gasteiger partial charge on any atom is 0.407 e. The minimum Gasteiger partial charge on any atom is -0.443 e. The van der Waals surface area contributed by atoms with E-state index in [0.717, 1.165) is 12.8 Å². The lowest BCUT2D eigenvalue weighted by molar-refractivity contribution is -0.115. The Kier molecular flexibility index (Phi) is 4.80. The average Bonchev–Trinajstić information content (AvgIpc) is 3.04. The van der Waals surface area contributed by atoms with Gasteiger partial charge in [0, 0.05) is 24.1 Å². The molecule has 3 heterocycles. The van der Waals surface area contributed by atoms with Gasteiger partial charge in [0.2, 0.25) is 5.91 Å². The predicted molar refractivity (Wildman–Crippen MR) is 96.5 cm³/mol. The fourth-order valence-electron chi connectivity index (χ4n) is 3.10. The van der Waals surface area contributed by atoms with Crippen molar-refractivity contribution in [1.82, 2.24) is 20.7 Å². The fraction of sp³-hybridized carbons (Fsp3) is 0.556. The van der Waals surface area contributed by atoms with Gasteiger partial charge in [-0.05, 0) is 26.7 Å². The number of nitrogens with zero attached hydrogens (tertiary/aromatic N) is 2. The quantitative estimate of drug-likeness (QED) is 0.688. The second-order valence-corrected chi connectivity index (χ2v) is 7.58. The van der Waals surface area contributed by atoms with Gasteiger partial charge in [0.1, 0.15) is 18.0 Å². The Labute approximate surface area is 161 Å². The molecule has 10 nitrogen and oxygen atoms in total. The third-order valence-corrected chi connectivity index (χ3v) is 4.88.